The van der Waals surface area contributed by atoms with Crippen molar-refractivity contribution < 1.29 is 19.0 Å². The van der Waals surface area contributed by atoms with E-state index in [-0.39, 0.29) is 12.5 Å². The third-order valence-electron chi connectivity index (χ3n) is 5.19. The highest BCUT2D eigenvalue weighted by molar-refractivity contribution is 6.03. The van der Waals surface area contributed by atoms with Crippen LogP contribution in [-0.2, 0) is 4.79 Å². The maximum absolute atomic E-state index is 12.5. The van der Waals surface area contributed by atoms with Crippen LogP contribution in [0.15, 0.2) is 48.5 Å². The van der Waals surface area contributed by atoms with E-state index in [2.05, 4.69) is 44.7 Å². The van der Waals surface area contributed by atoms with Crippen LogP contribution in [0.5, 0.6) is 17.2 Å². The maximum atomic E-state index is 12.5. The first-order valence-electron chi connectivity index (χ1n) is 11.6. The second-order valence-corrected chi connectivity index (χ2v) is 7.81. The van der Waals surface area contributed by atoms with Crippen molar-refractivity contribution in [2.75, 3.05) is 18.5 Å². The number of hydrogen-bond donors (Lipinski definition) is 2. The fraction of sp³-hybridized carbons (Fsp3) is 0.308. The molecule has 0 aliphatic carbocycles. The number of unbranched alkanes of at least 4 members (excludes halogenated alkanes) is 3. The highest BCUT2D eigenvalue weighted by Gasteiger charge is 2.28. The number of aromatic amines is 1. The van der Waals surface area contributed by atoms with E-state index in [4.69, 9.17) is 14.2 Å². The summed E-state index contributed by atoms with van der Waals surface area (Å²) in [4.78, 5) is 12.5. The number of carbonyl (C=O) groups is 1. The van der Waals surface area contributed by atoms with Gasteiger partial charge in [-0.1, -0.05) is 55.0 Å². The molecule has 0 saturated heterocycles. The summed E-state index contributed by atoms with van der Waals surface area (Å²) in [5.74, 6) is 7.92. The minimum Gasteiger partial charge on any atom is -0.485 e. The topological polar surface area (TPSA) is 111 Å². The lowest BCUT2D eigenvalue weighted by molar-refractivity contribution is -0.111. The molecule has 0 radical (unpaired) electrons. The Morgan fingerprint density at radius 2 is 2.11 bits per heavy atom. The second-order valence-electron chi connectivity index (χ2n) is 7.81. The molecule has 0 bridgehead atoms. The van der Waals surface area contributed by atoms with Crippen LogP contribution in [-0.4, -0.2) is 39.7 Å². The number of aromatic nitrogens is 4. The summed E-state index contributed by atoms with van der Waals surface area (Å²) in [5.41, 5.74) is 1.36. The number of hydrogen-bond acceptors (Lipinski definition) is 7. The lowest BCUT2D eigenvalue weighted by atomic mass is 10.2. The molecule has 9 nitrogen and oxygen atoms in total. The van der Waals surface area contributed by atoms with Gasteiger partial charge in [-0.05, 0) is 42.3 Å². The van der Waals surface area contributed by atoms with Gasteiger partial charge >= 0.3 is 0 Å². The van der Waals surface area contributed by atoms with Crippen LogP contribution in [0.2, 0.25) is 0 Å². The van der Waals surface area contributed by atoms with Crippen molar-refractivity contribution in [2.45, 2.75) is 38.7 Å². The monoisotopic (exact) mass is 473 g/mol. The molecule has 3 aromatic rings. The number of ether oxygens (including phenoxy) is 3. The van der Waals surface area contributed by atoms with Crippen LogP contribution in [0.3, 0.4) is 0 Å². The molecule has 1 unspecified atom stereocenters. The van der Waals surface area contributed by atoms with Crippen molar-refractivity contribution in [1.29, 1.82) is 0 Å². The van der Waals surface area contributed by atoms with Gasteiger partial charge in [-0.2, -0.15) is 5.21 Å². The van der Waals surface area contributed by atoms with Gasteiger partial charge in [-0.25, -0.2) is 0 Å². The molecule has 4 rings (SSSR count). The van der Waals surface area contributed by atoms with Crippen molar-refractivity contribution in [3.8, 4) is 29.1 Å². The average molecular weight is 474 g/mol. The number of anilines is 1. The van der Waals surface area contributed by atoms with Crippen molar-refractivity contribution in [2.24, 2.45) is 0 Å². The van der Waals surface area contributed by atoms with Crippen molar-refractivity contribution in [1.82, 2.24) is 20.6 Å². The predicted molar refractivity (Wildman–Crippen MR) is 131 cm³/mol. The van der Waals surface area contributed by atoms with Crippen LogP contribution in [0.1, 0.15) is 50.1 Å². The van der Waals surface area contributed by atoms with E-state index >= 15 is 0 Å². The zero-order valence-corrected chi connectivity index (χ0v) is 19.5. The number of H-pyrrole nitrogens is 1. The number of rotatable bonds is 9. The molecule has 0 fully saturated rings. The number of para-hydroxylation sites is 1. The van der Waals surface area contributed by atoms with Gasteiger partial charge in [0.15, 0.2) is 17.6 Å². The smallest absolute Gasteiger partial charge is 0.248 e. The lowest BCUT2D eigenvalue weighted by Gasteiger charge is -2.26. The Labute approximate surface area is 203 Å². The Bertz CT molecular complexity index is 1200. The highest BCUT2D eigenvalue weighted by Crippen LogP contribution is 2.41. The van der Waals surface area contributed by atoms with E-state index in [0.29, 0.717) is 29.6 Å². The minimum atomic E-state index is -0.525. The fourth-order valence-electron chi connectivity index (χ4n) is 3.37. The molecule has 2 N–H and O–H groups in total. The number of carbonyl (C=O) groups excluding carboxylic acids is 1. The third-order valence-corrected chi connectivity index (χ3v) is 5.19. The molecule has 9 heteroatoms. The van der Waals surface area contributed by atoms with Gasteiger partial charge in [0, 0.05) is 12.5 Å². The van der Waals surface area contributed by atoms with Crippen molar-refractivity contribution >= 4 is 17.7 Å². The van der Waals surface area contributed by atoms with Crippen LogP contribution in [0.4, 0.5) is 5.69 Å². The zero-order chi connectivity index (χ0) is 24.3. The molecular weight excluding hydrogens is 446 g/mol. The molecule has 35 heavy (non-hydrogen) atoms. The number of benzene rings is 2. The summed E-state index contributed by atoms with van der Waals surface area (Å²) in [5, 5.41) is 16.7. The molecule has 1 aliphatic heterocycles. The first-order chi connectivity index (χ1) is 17.2. The first kappa shape index (κ1) is 23.8. The van der Waals surface area contributed by atoms with Gasteiger partial charge in [0.2, 0.25) is 11.7 Å². The fourth-order valence-corrected chi connectivity index (χ4v) is 3.37. The van der Waals surface area contributed by atoms with Gasteiger partial charge in [0.1, 0.15) is 19.0 Å². The largest absolute Gasteiger partial charge is 0.485 e. The molecule has 180 valence electrons. The van der Waals surface area contributed by atoms with E-state index < -0.39 is 6.10 Å². The molecule has 0 saturated carbocycles. The summed E-state index contributed by atoms with van der Waals surface area (Å²) in [7, 11) is 0. The molecule has 1 atom stereocenters. The van der Waals surface area contributed by atoms with Gasteiger partial charge in [-0.15, -0.1) is 10.2 Å². The second kappa shape index (κ2) is 12.2. The van der Waals surface area contributed by atoms with E-state index in [1.807, 2.05) is 24.3 Å². The summed E-state index contributed by atoms with van der Waals surface area (Å²) in [6, 6.07) is 12.8. The van der Waals surface area contributed by atoms with Crippen molar-refractivity contribution in [3.05, 3.63) is 59.9 Å². The minimum absolute atomic E-state index is 0.245. The Balaban J connectivity index is 1.30. The molecular formula is C26H27N5O4. The number of amides is 1. The normalized spacial score (nSPS) is 14.3. The van der Waals surface area contributed by atoms with E-state index in [0.717, 1.165) is 24.2 Å². The van der Waals surface area contributed by atoms with Crippen LogP contribution < -0.4 is 19.5 Å². The van der Waals surface area contributed by atoms with Crippen LogP contribution in [0.25, 0.3) is 6.08 Å². The molecule has 1 aliphatic rings. The standard InChI is InChI=1S/C26H27N5O4/c1-2-3-4-5-6-7-17-33-20-14-11-19(12-15-20)13-16-24(32)27-21-9-8-10-22-25(21)35-23(18-34-22)26-28-30-31-29-26/h8-16,23H,2-5,17-18H2,1H3,(H,27,32)(H,28,29,30,31)/b16-13+. The van der Waals surface area contributed by atoms with Gasteiger partial charge in [0.25, 0.3) is 0 Å². The lowest BCUT2D eigenvalue weighted by Crippen LogP contribution is -2.24. The van der Waals surface area contributed by atoms with Gasteiger partial charge in [0.05, 0.1) is 5.69 Å². The zero-order valence-electron chi connectivity index (χ0n) is 19.5. The van der Waals surface area contributed by atoms with E-state index in [1.54, 1.807) is 24.3 Å². The number of nitrogens with one attached hydrogen (secondary N) is 2. The van der Waals surface area contributed by atoms with Crippen LogP contribution in [0, 0.1) is 11.8 Å². The molecule has 1 amide bonds. The highest BCUT2D eigenvalue weighted by atomic mass is 16.6. The first-order valence-corrected chi connectivity index (χ1v) is 11.6. The quantitative estimate of drug-likeness (QED) is 0.270. The predicted octanol–water partition coefficient (Wildman–Crippen LogP) is 4.33. The Hall–Kier alpha value is -4.32. The Morgan fingerprint density at radius 3 is 2.91 bits per heavy atom. The van der Waals surface area contributed by atoms with Gasteiger partial charge in [-0.3, -0.25) is 4.79 Å². The molecule has 2 heterocycles. The SMILES string of the molecule is CCCCCC#CCOc1ccc(/C=C/C(=O)Nc2cccc3c2OC(c2nn[nH]n2)CO3)cc1. The number of fused-ring (bicyclic) bond motifs is 1. The number of nitrogens with zero attached hydrogens (tertiary/aromatic N) is 3. The summed E-state index contributed by atoms with van der Waals surface area (Å²) in [6.07, 6.45) is 7.10. The van der Waals surface area contributed by atoms with E-state index in [1.165, 1.54) is 18.9 Å². The number of tetrazole rings is 1. The Kier molecular flexibility index (Phi) is 8.32. The van der Waals surface area contributed by atoms with Crippen LogP contribution >= 0.6 is 0 Å². The summed E-state index contributed by atoms with van der Waals surface area (Å²) >= 11 is 0. The molecule has 1 aromatic heterocycles. The Morgan fingerprint density at radius 1 is 1.23 bits per heavy atom. The molecule has 2 aromatic carbocycles. The van der Waals surface area contributed by atoms with E-state index in [9.17, 15) is 4.79 Å². The third kappa shape index (κ3) is 6.84. The molecule has 0 spiro atoms. The maximum Gasteiger partial charge on any atom is 0.248 e. The van der Waals surface area contributed by atoms with Crippen molar-refractivity contribution in [3.63, 3.8) is 0 Å². The summed E-state index contributed by atoms with van der Waals surface area (Å²) < 4.78 is 17.4. The average Bonchev–Trinajstić information content (AvgIpc) is 3.43. The van der Waals surface area contributed by atoms with Gasteiger partial charge < -0.3 is 19.5 Å². The summed E-state index contributed by atoms with van der Waals surface area (Å²) in [6.45, 7) is 2.79.